The van der Waals surface area contributed by atoms with E-state index in [-0.39, 0.29) is 11.4 Å². The summed E-state index contributed by atoms with van der Waals surface area (Å²) in [6.45, 7) is -1.51. The van der Waals surface area contributed by atoms with Crippen molar-refractivity contribution in [1.82, 2.24) is 0 Å². The quantitative estimate of drug-likeness (QED) is 0.399. The predicted molar refractivity (Wildman–Crippen MR) is 71.8 cm³/mol. The highest BCUT2D eigenvalue weighted by Gasteiger charge is 2.90. The molecule has 2 N–H and O–H groups in total. The minimum Gasteiger partial charge on any atom is -0.493 e. The van der Waals surface area contributed by atoms with Gasteiger partial charge in [-0.25, -0.2) is 0 Å². The fourth-order valence-corrected chi connectivity index (χ4v) is 1.82. The van der Waals surface area contributed by atoms with Crippen LogP contribution in [0.2, 0.25) is 0 Å². The molecular weight excluding hydrogens is 445 g/mol. The molecule has 0 aromatic heterocycles. The number of hydrogen-bond acceptors (Lipinski definition) is 2. The second kappa shape index (κ2) is 7.31. The van der Waals surface area contributed by atoms with Crippen molar-refractivity contribution in [3.63, 3.8) is 0 Å². The van der Waals surface area contributed by atoms with E-state index in [1.165, 1.54) is 0 Å². The SMILES string of the molecule is Nc1ccc(OCCC(F)(F)C(F)(F)C(F)(F)C(F)(F)C(F)(F)C(F)(F)F)cc1. The lowest BCUT2D eigenvalue weighted by molar-refractivity contribution is -0.440. The molecule has 15 heteroatoms. The van der Waals surface area contributed by atoms with E-state index in [0.29, 0.717) is 0 Å². The summed E-state index contributed by atoms with van der Waals surface area (Å²) in [5, 5.41) is 0. The van der Waals surface area contributed by atoms with Gasteiger partial charge in [-0.2, -0.15) is 57.1 Å². The van der Waals surface area contributed by atoms with Gasteiger partial charge in [0.15, 0.2) is 0 Å². The molecule has 0 radical (unpaired) electrons. The van der Waals surface area contributed by atoms with Crippen LogP contribution in [0.5, 0.6) is 5.75 Å². The number of halogens is 13. The fourth-order valence-electron chi connectivity index (χ4n) is 1.82. The highest BCUT2D eigenvalue weighted by atomic mass is 19.4. The first kappa shape index (κ1) is 24.9. The van der Waals surface area contributed by atoms with Gasteiger partial charge in [-0.3, -0.25) is 0 Å². The highest BCUT2D eigenvalue weighted by Crippen LogP contribution is 2.60. The van der Waals surface area contributed by atoms with Crippen LogP contribution in [0.4, 0.5) is 62.8 Å². The Morgan fingerprint density at radius 3 is 1.45 bits per heavy atom. The van der Waals surface area contributed by atoms with E-state index in [0.717, 1.165) is 24.3 Å². The Morgan fingerprint density at radius 1 is 0.621 bits per heavy atom. The number of ether oxygens (including phenoxy) is 1. The largest absolute Gasteiger partial charge is 0.493 e. The van der Waals surface area contributed by atoms with E-state index >= 15 is 0 Å². The molecule has 0 bridgehead atoms. The van der Waals surface area contributed by atoms with Crippen molar-refractivity contribution < 1.29 is 61.8 Å². The molecule has 0 spiro atoms. The highest BCUT2D eigenvalue weighted by molar-refractivity contribution is 5.41. The molecular formula is C14H10F13NO. The van der Waals surface area contributed by atoms with Gasteiger partial charge < -0.3 is 10.5 Å². The lowest BCUT2D eigenvalue weighted by Crippen LogP contribution is -2.70. The van der Waals surface area contributed by atoms with Crippen molar-refractivity contribution in [3.8, 4) is 5.75 Å². The molecule has 0 aliphatic carbocycles. The zero-order valence-electron chi connectivity index (χ0n) is 13.6. The van der Waals surface area contributed by atoms with Crippen LogP contribution in [0.1, 0.15) is 6.42 Å². The van der Waals surface area contributed by atoms with Gasteiger partial charge in [0.05, 0.1) is 13.0 Å². The van der Waals surface area contributed by atoms with Gasteiger partial charge >= 0.3 is 35.8 Å². The van der Waals surface area contributed by atoms with Crippen LogP contribution in [0, 0.1) is 0 Å². The number of alkyl halides is 13. The van der Waals surface area contributed by atoms with Gasteiger partial charge in [-0.15, -0.1) is 0 Å². The third-order valence-corrected chi connectivity index (χ3v) is 3.56. The van der Waals surface area contributed by atoms with Crippen LogP contribution in [0.3, 0.4) is 0 Å². The zero-order chi connectivity index (χ0) is 23.1. The summed E-state index contributed by atoms with van der Waals surface area (Å²) in [5.41, 5.74) is 5.42. The van der Waals surface area contributed by atoms with Gasteiger partial charge in [-0.05, 0) is 24.3 Å². The summed E-state index contributed by atoms with van der Waals surface area (Å²) in [5.74, 6) is -37.2. The Balaban J connectivity index is 3.09. The van der Waals surface area contributed by atoms with Crippen LogP contribution in [0.15, 0.2) is 24.3 Å². The summed E-state index contributed by atoms with van der Waals surface area (Å²) in [6.07, 6.45) is -9.85. The maximum atomic E-state index is 13.5. The van der Waals surface area contributed by atoms with Crippen LogP contribution in [-0.4, -0.2) is 42.4 Å². The van der Waals surface area contributed by atoms with Crippen molar-refractivity contribution in [3.05, 3.63) is 24.3 Å². The van der Waals surface area contributed by atoms with E-state index < -0.39 is 48.8 Å². The molecule has 0 atom stereocenters. The van der Waals surface area contributed by atoms with Crippen molar-refractivity contribution in [2.75, 3.05) is 12.3 Å². The van der Waals surface area contributed by atoms with E-state index in [1.54, 1.807) is 0 Å². The fraction of sp³-hybridized carbons (Fsp3) is 0.571. The van der Waals surface area contributed by atoms with E-state index in [1.807, 2.05) is 0 Å². The average Bonchev–Trinajstić information content (AvgIpc) is 2.54. The zero-order valence-corrected chi connectivity index (χ0v) is 13.6. The Kier molecular flexibility index (Phi) is 6.29. The molecule has 0 unspecified atom stereocenters. The Bertz CT molecular complexity index is 696. The molecule has 1 aromatic rings. The maximum absolute atomic E-state index is 13.5. The molecule has 0 aliphatic rings. The number of anilines is 1. The van der Waals surface area contributed by atoms with Crippen LogP contribution in [0.25, 0.3) is 0 Å². The van der Waals surface area contributed by atoms with Gasteiger partial charge in [0.25, 0.3) is 0 Å². The van der Waals surface area contributed by atoms with E-state index in [9.17, 15) is 57.1 Å². The topological polar surface area (TPSA) is 35.2 Å². The van der Waals surface area contributed by atoms with Crippen molar-refractivity contribution in [2.24, 2.45) is 0 Å². The third-order valence-electron chi connectivity index (χ3n) is 3.56. The first-order valence-corrected chi connectivity index (χ1v) is 7.16. The van der Waals surface area contributed by atoms with Gasteiger partial charge in [0, 0.05) is 5.69 Å². The second-order valence-electron chi connectivity index (χ2n) is 5.67. The average molecular weight is 455 g/mol. The van der Waals surface area contributed by atoms with Crippen LogP contribution >= 0.6 is 0 Å². The molecule has 0 aliphatic heterocycles. The first-order valence-electron chi connectivity index (χ1n) is 7.16. The van der Waals surface area contributed by atoms with Gasteiger partial charge in [0.1, 0.15) is 5.75 Å². The van der Waals surface area contributed by atoms with E-state index in [2.05, 4.69) is 4.74 Å². The van der Waals surface area contributed by atoms with Crippen molar-refractivity contribution in [1.29, 1.82) is 0 Å². The van der Waals surface area contributed by atoms with E-state index in [4.69, 9.17) is 5.73 Å². The molecule has 29 heavy (non-hydrogen) atoms. The summed E-state index contributed by atoms with van der Waals surface area (Å²) in [7, 11) is 0. The summed E-state index contributed by atoms with van der Waals surface area (Å²) in [4.78, 5) is 0. The monoisotopic (exact) mass is 455 g/mol. The summed E-state index contributed by atoms with van der Waals surface area (Å²) >= 11 is 0. The number of benzene rings is 1. The number of nitrogen functional groups attached to an aromatic ring is 1. The molecule has 0 saturated heterocycles. The van der Waals surface area contributed by atoms with Crippen molar-refractivity contribution in [2.45, 2.75) is 42.2 Å². The summed E-state index contributed by atoms with van der Waals surface area (Å²) < 4.78 is 172. The standard InChI is InChI=1S/C14H10F13NO/c15-9(16,5-6-29-8-3-1-7(28)2-4-8)10(17,18)11(19,20)12(21,22)13(23,24)14(25,26)27/h1-4H,5-6,28H2. The molecule has 168 valence electrons. The molecule has 1 rings (SSSR count). The molecule has 2 nitrogen and oxygen atoms in total. The molecule has 0 amide bonds. The second-order valence-corrected chi connectivity index (χ2v) is 5.67. The first-order chi connectivity index (χ1) is 12.7. The molecule has 0 fully saturated rings. The van der Waals surface area contributed by atoms with Crippen LogP contribution in [-0.2, 0) is 0 Å². The number of rotatable bonds is 8. The normalized spacial score (nSPS) is 14.8. The number of hydrogen-bond donors (Lipinski definition) is 1. The Labute approximate surface area is 153 Å². The number of nitrogens with two attached hydrogens (primary N) is 1. The minimum atomic E-state index is -7.90. The smallest absolute Gasteiger partial charge is 0.460 e. The molecule has 0 heterocycles. The van der Waals surface area contributed by atoms with Crippen molar-refractivity contribution >= 4 is 5.69 Å². The molecule has 1 aromatic carbocycles. The summed E-state index contributed by atoms with van der Waals surface area (Å²) in [6, 6.07) is 4.35. The minimum absolute atomic E-state index is 0.154. The lowest BCUT2D eigenvalue weighted by atomic mass is 9.93. The maximum Gasteiger partial charge on any atom is 0.460 e. The van der Waals surface area contributed by atoms with Gasteiger partial charge in [-0.1, -0.05) is 0 Å². The van der Waals surface area contributed by atoms with Crippen LogP contribution < -0.4 is 10.5 Å². The van der Waals surface area contributed by atoms with Gasteiger partial charge in [0.2, 0.25) is 0 Å². The third kappa shape index (κ3) is 4.13. The molecule has 0 saturated carbocycles. The predicted octanol–water partition coefficient (Wildman–Crippen LogP) is 5.78. The lowest BCUT2D eigenvalue weighted by Gasteiger charge is -2.39. The Hall–Kier alpha value is -2.09. The Morgan fingerprint density at radius 2 is 1.03 bits per heavy atom.